The predicted octanol–water partition coefficient (Wildman–Crippen LogP) is 3.47. The minimum atomic E-state index is 0.679. The van der Waals surface area contributed by atoms with E-state index in [1.54, 1.807) is 0 Å². The Kier molecular flexibility index (Phi) is 4.90. The van der Waals surface area contributed by atoms with Gasteiger partial charge in [-0.1, -0.05) is 37.1 Å². The number of para-hydroxylation sites is 1. The van der Waals surface area contributed by atoms with Crippen molar-refractivity contribution >= 4 is 17.3 Å². The molecule has 0 spiro atoms. The lowest BCUT2D eigenvalue weighted by Crippen LogP contribution is -2.34. The summed E-state index contributed by atoms with van der Waals surface area (Å²) in [6.07, 6.45) is 4.77. The molecular formula is C15H23ClN2. The lowest BCUT2D eigenvalue weighted by molar-refractivity contribution is 0.395. The minimum absolute atomic E-state index is 0.679. The number of nitrogens with two attached hydrogens (primary N) is 1. The van der Waals surface area contributed by atoms with Gasteiger partial charge in [-0.05, 0) is 43.4 Å². The molecule has 1 aliphatic heterocycles. The summed E-state index contributed by atoms with van der Waals surface area (Å²) in [5.74, 6) is 0.890. The Hall–Kier alpha value is -0.730. The van der Waals surface area contributed by atoms with Crippen LogP contribution in [0.1, 0.15) is 31.7 Å². The molecule has 2 N–H and O–H groups in total. The van der Waals surface area contributed by atoms with E-state index in [1.165, 1.54) is 30.5 Å². The molecule has 0 aliphatic carbocycles. The molecule has 0 amide bonds. The molecule has 2 nitrogen and oxygen atoms in total. The summed E-state index contributed by atoms with van der Waals surface area (Å²) in [6, 6.07) is 6.17. The molecule has 0 bridgehead atoms. The van der Waals surface area contributed by atoms with Crippen LogP contribution >= 0.6 is 11.6 Å². The monoisotopic (exact) mass is 266 g/mol. The van der Waals surface area contributed by atoms with Gasteiger partial charge in [0.15, 0.2) is 0 Å². The van der Waals surface area contributed by atoms with E-state index >= 15 is 0 Å². The van der Waals surface area contributed by atoms with E-state index in [0.717, 1.165) is 30.5 Å². The van der Waals surface area contributed by atoms with Crippen molar-refractivity contribution in [3.8, 4) is 0 Å². The molecule has 18 heavy (non-hydrogen) atoms. The summed E-state index contributed by atoms with van der Waals surface area (Å²) in [6.45, 7) is 5.22. The summed E-state index contributed by atoms with van der Waals surface area (Å²) >= 11 is 6.39. The van der Waals surface area contributed by atoms with Gasteiger partial charge in [-0.3, -0.25) is 0 Å². The quantitative estimate of drug-likeness (QED) is 0.904. The lowest BCUT2D eigenvalue weighted by atomic mass is 9.93. The van der Waals surface area contributed by atoms with E-state index in [2.05, 4.69) is 17.9 Å². The highest BCUT2D eigenvalue weighted by molar-refractivity contribution is 6.33. The first kappa shape index (κ1) is 13.7. The SMILES string of the molecule is CCC1CCN(c2c(Cl)cccc2CCN)CC1. The van der Waals surface area contributed by atoms with E-state index in [0.29, 0.717) is 6.54 Å². The second-order valence-corrected chi connectivity index (χ2v) is 5.53. The number of hydrogen-bond acceptors (Lipinski definition) is 2. The highest BCUT2D eigenvalue weighted by Crippen LogP contribution is 2.33. The van der Waals surface area contributed by atoms with E-state index < -0.39 is 0 Å². The van der Waals surface area contributed by atoms with Crippen LogP contribution in [0.5, 0.6) is 0 Å². The predicted molar refractivity (Wildman–Crippen MR) is 79.4 cm³/mol. The van der Waals surface area contributed by atoms with Crippen LogP contribution < -0.4 is 10.6 Å². The van der Waals surface area contributed by atoms with Crippen molar-refractivity contribution in [2.24, 2.45) is 11.7 Å². The molecule has 1 fully saturated rings. The summed E-state index contributed by atoms with van der Waals surface area (Å²) in [4.78, 5) is 2.44. The molecule has 1 saturated heterocycles. The topological polar surface area (TPSA) is 29.3 Å². The highest BCUT2D eigenvalue weighted by atomic mass is 35.5. The van der Waals surface area contributed by atoms with Gasteiger partial charge in [0.05, 0.1) is 10.7 Å². The van der Waals surface area contributed by atoms with Crippen LogP contribution in [-0.2, 0) is 6.42 Å². The third-order valence-corrected chi connectivity index (χ3v) is 4.30. The molecule has 2 rings (SSSR count). The molecular weight excluding hydrogens is 244 g/mol. The van der Waals surface area contributed by atoms with Crippen LogP contribution in [0.2, 0.25) is 5.02 Å². The van der Waals surface area contributed by atoms with Gasteiger partial charge in [-0.2, -0.15) is 0 Å². The molecule has 0 radical (unpaired) electrons. The first-order valence-corrected chi connectivity index (χ1v) is 7.36. The summed E-state index contributed by atoms with van der Waals surface area (Å²) in [5.41, 5.74) is 8.20. The number of anilines is 1. The molecule has 100 valence electrons. The summed E-state index contributed by atoms with van der Waals surface area (Å²) in [5, 5.41) is 0.871. The molecule has 0 saturated carbocycles. The first-order valence-electron chi connectivity index (χ1n) is 6.98. The van der Waals surface area contributed by atoms with Crippen molar-refractivity contribution in [2.75, 3.05) is 24.5 Å². The molecule has 0 unspecified atom stereocenters. The van der Waals surface area contributed by atoms with Gasteiger partial charge in [0.25, 0.3) is 0 Å². The Morgan fingerprint density at radius 1 is 1.33 bits per heavy atom. The highest BCUT2D eigenvalue weighted by Gasteiger charge is 2.21. The van der Waals surface area contributed by atoms with Gasteiger partial charge in [-0.25, -0.2) is 0 Å². The van der Waals surface area contributed by atoms with Crippen molar-refractivity contribution in [1.82, 2.24) is 0 Å². The van der Waals surface area contributed by atoms with Crippen molar-refractivity contribution < 1.29 is 0 Å². The van der Waals surface area contributed by atoms with Gasteiger partial charge in [0, 0.05) is 13.1 Å². The largest absolute Gasteiger partial charge is 0.370 e. The Labute approximate surface area is 115 Å². The summed E-state index contributed by atoms with van der Waals surface area (Å²) < 4.78 is 0. The van der Waals surface area contributed by atoms with Crippen LogP contribution in [-0.4, -0.2) is 19.6 Å². The maximum absolute atomic E-state index is 6.39. The summed E-state index contributed by atoms with van der Waals surface area (Å²) in [7, 11) is 0. The van der Waals surface area contributed by atoms with Crippen molar-refractivity contribution in [3.63, 3.8) is 0 Å². The number of benzene rings is 1. The Balaban J connectivity index is 2.17. The van der Waals surface area contributed by atoms with Crippen molar-refractivity contribution in [2.45, 2.75) is 32.6 Å². The van der Waals surface area contributed by atoms with Crippen molar-refractivity contribution in [3.05, 3.63) is 28.8 Å². The molecule has 1 aliphatic rings. The molecule has 0 aromatic heterocycles. The third kappa shape index (κ3) is 2.99. The minimum Gasteiger partial charge on any atom is -0.370 e. The second kappa shape index (κ2) is 6.44. The molecule has 1 aromatic rings. The fourth-order valence-corrected chi connectivity index (χ4v) is 3.15. The van der Waals surface area contributed by atoms with Crippen LogP contribution in [0.15, 0.2) is 18.2 Å². The zero-order valence-electron chi connectivity index (χ0n) is 11.2. The zero-order valence-corrected chi connectivity index (χ0v) is 11.9. The fraction of sp³-hybridized carbons (Fsp3) is 0.600. The normalized spacial score (nSPS) is 17.2. The zero-order chi connectivity index (χ0) is 13.0. The van der Waals surface area contributed by atoms with Gasteiger partial charge >= 0.3 is 0 Å². The van der Waals surface area contributed by atoms with E-state index in [4.69, 9.17) is 17.3 Å². The second-order valence-electron chi connectivity index (χ2n) is 5.12. The average molecular weight is 267 g/mol. The molecule has 0 atom stereocenters. The van der Waals surface area contributed by atoms with Gasteiger partial charge in [-0.15, -0.1) is 0 Å². The maximum atomic E-state index is 6.39. The van der Waals surface area contributed by atoms with E-state index in [9.17, 15) is 0 Å². The Bertz CT molecular complexity index is 384. The van der Waals surface area contributed by atoms with Gasteiger partial charge in [0.2, 0.25) is 0 Å². The van der Waals surface area contributed by atoms with Crippen LogP contribution in [0, 0.1) is 5.92 Å². The van der Waals surface area contributed by atoms with E-state index in [-0.39, 0.29) is 0 Å². The Morgan fingerprint density at radius 2 is 2.06 bits per heavy atom. The van der Waals surface area contributed by atoms with E-state index in [1.807, 2.05) is 12.1 Å². The number of hydrogen-bond donors (Lipinski definition) is 1. The molecule has 1 aromatic carbocycles. The third-order valence-electron chi connectivity index (χ3n) is 3.99. The van der Waals surface area contributed by atoms with Crippen LogP contribution in [0.25, 0.3) is 0 Å². The van der Waals surface area contributed by atoms with Crippen molar-refractivity contribution in [1.29, 1.82) is 0 Å². The number of nitrogens with zero attached hydrogens (tertiary/aromatic N) is 1. The first-order chi connectivity index (χ1) is 8.76. The Morgan fingerprint density at radius 3 is 2.67 bits per heavy atom. The van der Waals surface area contributed by atoms with Crippen LogP contribution in [0.4, 0.5) is 5.69 Å². The standard InChI is InChI=1S/C15H23ClN2/c1-2-12-7-10-18(11-8-12)15-13(6-9-17)4-3-5-14(15)16/h3-5,12H,2,6-11,17H2,1H3. The van der Waals surface area contributed by atoms with Crippen LogP contribution in [0.3, 0.4) is 0 Å². The fourth-order valence-electron chi connectivity index (χ4n) is 2.84. The van der Waals surface area contributed by atoms with Gasteiger partial charge in [0.1, 0.15) is 0 Å². The maximum Gasteiger partial charge on any atom is 0.0642 e. The number of halogens is 1. The lowest BCUT2D eigenvalue weighted by Gasteiger charge is -2.35. The average Bonchev–Trinajstić information content (AvgIpc) is 2.40. The smallest absolute Gasteiger partial charge is 0.0642 e. The number of rotatable bonds is 4. The molecule has 3 heteroatoms. The molecule has 1 heterocycles. The van der Waals surface area contributed by atoms with Gasteiger partial charge < -0.3 is 10.6 Å². The number of piperidine rings is 1.